The van der Waals surface area contributed by atoms with Crippen LogP contribution in [0.3, 0.4) is 0 Å². The first-order chi connectivity index (χ1) is 10.2. The molecule has 1 atom stereocenters. The molecule has 1 aliphatic heterocycles. The van der Waals surface area contributed by atoms with E-state index < -0.39 is 32.5 Å². The number of nitrogens with one attached hydrogen (secondary N) is 2. The van der Waals surface area contributed by atoms with E-state index in [4.69, 9.17) is 0 Å². The van der Waals surface area contributed by atoms with Gasteiger partial charge in [0.15, 0.2) is 0 Å². The normalized spacial score (nSPS) is 20.1. The molecule has 1 saturated heterocycles. The molecular formula is C13H16F4N2O2S. The predicted octanol–water partition coefficient (Wildman–Crippen LogP) is 2.12. The minimum Gasteiger partial charge on any atom is -0.316 e. The van der Waals surface area contributed by atoms with Crippen molar-refractivity contribution in [3.8, 4) is 0 Å². The Bertz CT molecular complexity index is 625. The molecule has 2 N–H and O–H groups in total. The van der Waals surface area contributed by atoms with Crippen molar-refractivity contribution in [2.24, 2.45) is 5.92 Å². The van der Waals surface area contributed by atoms with Crippen molar-refractivity contribution in [1.82, 2.24) is 10.0 Å². The Morgan fingerprint density at radius 3 is 2.64 bits per heavy atom. The Morgan fingerprint density at radius 2 is 2.05 bits per heavy atom. The number of sulfonamides is 1. The molecule has 1 heterocycles. The van der Waals surface area contributed by atoms with Crippen molar-refractivity contribution in [2.75, 3.05) is 19.6 Å². The van der Waals surface area contributed by atoms with Crippen LogP contribution < -0.4 is 10.0 Å². The molecule has 0 saturated carbocycles. The molecule has 9 heteroatoms. The van der Waals surface area contributed by atoms with E-state index in [1.54, 1.807) is 0 Å². The van der Waals surface area contributed by atoms with Crippen molar-refractivity contribution in [1.29, 1.82) is 0 Å². The van der Waals surface area contributed by atoms with Crippen LogP contribution in [0.4, 0.5) is 17.6 Å². The van der Waals surface area contributed by atoms with E-state index in [1.807, 2.05) is 0 Å². The topological polar surface area (TPSA) is 58.2 Å². The molecule has 2 rings (SSSR count). The summed E-state index contributed by atoms with van der Waals surface area (Å²) >= 11 is 0. The SMILES string of the molecule is O=S(=O)(NC[C@@H]1CCCNC1)c1ccc(F)cc1C(F)(F)F. The summed E-state index contributed by atoms with van der Waals surface area (Å²) in [4.78, 5) is -0.954. The van der Waals surface area contributed by atoms with E-state index in [9.17, 15) is 26.0 Å². The summed E-state index contributed by atoms with van der Waals surface area (Å²) in [6, 6.07) is 1.53. The molecule has 1 fully saturated rings. The van der Waals surface area contributed by atoms with E-state index in [0.717, 1.165) is 19.4 Å². The van der Waals surface area contributed by atoms with Crippen LogP contribution in [0.25, 0.3) is 0 Å². The molecule has 22 heavy (non-hydrogen) atoms. The van der Waals surface area contributed by atoms with Crippen LogP contribution in [0.2, 0.25) is 0 Å². The lowest BCUT2D eigenvalue weighted by molar-refractivity contribution is -0.140. The van der Waals surface area contributed by atoms with E-state index in [0.29, 0.717) is 18.7 Å². The van der Waals surface area contributed by atoms with Crippen molar-refractivity contribution >= 4 is 10.0 Å². The molecule has 0 amide bonds. The number of piperidine rings is 1. The highest BCUT2D eigenvalue weighted by Crippen LogP contribution is 2.34. The van der Waals surface area contributed by atoms with Crippen molar-refractivity contribution < 1.29 is 26.0 Å². The Hall–Kier alpha value is -1.19. The van der Waals surface area contributed by atoms with Crippen molar-refractivity contribution in [2.45, 2.75) is 23.9 Å². The second-order valence-electron chi connectivity index (χ2n) is 5.20. The standard InChI is InChI=1S/C13H16F4N2O2S/c14-10-3-4-12(11(6-10)13(15,16)17)22(20,21)19-8-9-2-1-5-18-7-9/h3-4,6,9,18-19H,1-2,5,7-8H2/t9-/m1/s1. The zero-order valence-corrected chi connectivity index (χ0v) is 12.4. The predicted molar refractivity (Wildman–Crippen MR) is 72.2 cm³/mol. The molecule has 0 radical (unpaired) electrons. The van der Waals surface area contributed by atoms with E-state index >= 15 is 0 Å². The van der Waals surface area contributed by atoms with E-state index in [2.05, 4.69) is 10.0 Å². The second kappa shape index (κ2) is 6.51. The quantitative estimate of drug-likeness (QED) is 0.826. The van der Waals surface area contributed by atoms with E-state index in [-0.39, 0.29) is 18.5 Å². The first-order valence-corrected chi connectivity index (χ1v) is 8.25. The number of benzene rings is 1. The van der Waals surface area contributed by atoms with Gasteiger partial charge in [-0.15, -0.1) is 0 Å². The Kier molecular flexibility index (Phi) is 5.08. The van der Waals surface area contributed by atoms with E-state index in [1.165, 1.54) is 0 Å². The molecule has 1 aromatic rings. The summed E-state index contributed by atoms with van der Waals surface area (Å²) in [5, 5.41) is 3.09. The van der Waals surface area contributed by atoms with Crippen LogP contribution >= 0.6 is 0 Å². The highest BCUT2D eigenvalue weighted by Gasteiger charge is 2.37. The van der Waals surface area contributed by atoms with Crippen LogP contribution in [0, 0.1) is 11.7 Å². The monoisotopic (exact) mass is 340 g/mol. The lowest BCUT2D eigenvalue weighted by atomic mass is 10.0. The third kappa shape index (κ3) is 4.17. The summed E-state index contributed by atoms with van der Waals surface area (Å²) in [7, 11) is -4.35. The van der Waals surface area contributed by atoms with Crippen molar-refractivity contribution in [3.05, 3.63) is 29.6 Å². The zero-order valence-electron chi connectivity index (χ0n) is 11.6. The third-order valence-electron chi connectivity index (χ3n) is 3.50. The average Bonchev–Trinajstić information content (AvgIpc) is 2.45. The van der Waals surface area contributed by atoms with Gasteiger partial charge in [-0.1, -0.05) is 0 Å². The van der Waals surface area contributed by atoms with Gasteiger partial charge in [0.25, 0.3) is 0 Å². The highest BCUT2D eigenvalue weighted by atomic mass is 32.2. The molecule has 124 valence electrons. The molecule has 0 aromatic heterocycles. The first-order valence-electron chi connectivity index (χ1n) is 6.77. The molecule has 0 unspecified atom stereocenters. The highest BCUT2D eigenvalue weighted by molar-refractivity contribution is 7.89. The van der Waals surface area contributed by atoms with Gasteiger partial charge in [0.2, 0.25) is 10.0 Å². The lowest BCUT2D eigenvalue weighted by Gasteiger charge is -2.23. The maximum Gasteiger partial charge on any atom is 0.417 e. The van der Waals surface area contributed by atoms with Gasteiger partial charge in [-0.2, -0.15) is 13.2 Å². The van der Waals surface area contributed by atoms with Crippen LogP contribution in [0.5, 0.6) is 0 Å². The van der Waals surface area contributed by atoms with Gasteiger partial charge in [-0.25, -0.2) is 17.5 Å². The fraction of sp³-hybridized carbons (Fsp3) is 0.538. The minimum atomic E-state index is -4.95. The second-order valence-corrected chi connectivity index (χ2v) is 6.94. The molecule has 0 aliphatic carbocycles. The summed E-state index contributed by atoms with van der Waals surface area (Å²) in [5.41, 5.74) is -1.50. The average molecular weight is 340 g/mol. The maximum atomic E-state index is 13.0. The van der Waals surface area contributed by atoms with Crippen LogP contribution in [-0.4, -0.2) is 28.1 Å². The first kappa shape index (κ1) is 17.2. The fourth-order valence-corrected chi connectivity index (χ4v) is 3.68. The zero-order chi connectivity index (χ0) is 16.4. The molecule has 4 nitrogen and oxygen atoms in total. The minimum absolute atomic E-state index is 0.0262. The smallest absolute Gasteiger partial charge is 0.316 e. The Labute approximate surface area is 126 Å². The number of rotatable bonds is 4. The van der Waals surface area contributed by atoms with Gasteiger partial charge in [0, 0.05) is 6.54 Å². The molecule has 0 bridgehead atoms. The summed E-state index contributed by atoms with van der Waals surface area (Å²) < 4.78 is 78.1. The van der Waals surface area contributed by atoms with Gasteiger partial charge >= 0.3 is 6.18 Å². The number of hydrogen-bond acceptors (Lipinski definition) is 3. The van der Waals surface area contributed by atoms with Gasteiger partial charge in [0.05, 0.1) is 10.5 Å². The number of hydrogen-bond donors (Lipinski definition) is 2. The molecule has 1 aromatic carbocycles. The van der Waals surface area contributed by atoms with Crippen molar-refractivity contribution in [3.63, 3.8) is 0 Å². The summed E-state index contributed by atoms with van der Waals surface area (Å²) in [5.74, 6) is -1.11. The molecular weight excluding hydrogens is 324 g/mol. The largest absolute Gasteiger partial charge is 0.417 e. The van der Waals surface area contributed by atoms with Gasteiger partial charge in [0.1, 0.15) is 5.82 Å². The van der Waals surface area contributed by atoms with Gasteiger partial charge in [-0.05, 0) is 50.0 Å². The fourth-order valence-electron chi connectivity index (χ4n) is 2.36. The number of halogens is 4. The van der Waals surface area contributed by atoms with Gasteiger partial charge in [-0.3, -0.25) is 0 Å². The third-order valence-corrected chi connectivity index (χ3v) is 4.98. The van der Waals surface area contributed by atoms with Crippen LogP contribution in [0.15, 0.2) is 23.1 Å². The maximum absolute atomic E-state index is 13.0. The molecule has 1 aliphatic rings. The Morgan fingerprint density at radius 1 is 1.32 bits per heavy atom. The van der Waals surface area contributed by atoms with Crippen LogP contribution in [-0.2, 0) is 16.2 Å². The number of alkyl halides is 3. The van der Waals surface area contributed by atoms with Gasteiger partial charge < -0.3 is 5.32 Å². The van der Waals surface area contributed by atoms with Crippen LogP contribution in [0.1, 0.15) is 18.4 Å². The Balaban J connectivity index is 2.21. The summed E-state index contributed by atoms with van der Waals surface area (Å²) in [6.45, 7) is 1.50. The lowest BCUT2D eigenvalue weighted by Crippen LogP contribution is -2.38. The summed E-state index contributed by atoms with van der Waals surface area (Å²) in [6.07, 6.45) is -3.26. The molecule has 0 spiro atoms.